The molecule has 0 aromatic rings. The summed E-state index contributed by atoms with van der Waals surface area (Å²) in [5.74, 6) is -0.272. The van der Waals surface area contributed by atoms with Gasteiger partial charge in [-0.3, -0.25) is 0 Å². The molecule has 0 saturated carbocycles. The van der Waals surface area contributed by atoms with Crippen LogP contribution in [0.15, 0.2) is 58.7 Å². The van der Waals surface area contributed by atoms with Crippen LogP contribution in [0.3, 0.4) is 0 Å². The SMILES string of the molecule is CC1=C(/C=C/C(C)=C/C=C/C(C)=C/C(=O)OCC[Si](C)(C)C)C(C)(C)CCC1O. The molecule has 1 aliphatic rings. The maximum Gasteiger partial charge on any atom is 0.330 e. The van der Waals surface area contributed by atoms with E-state index in [1.807, 2.05) is 39.0 Å². The summed E-state index contributed by atoms with van der Waals surface area (Å²) < 4.78 is 5.29. The van der Waals surface area contributed by atoms with Gasteiger partial charge in [0, 0.05) is 14.1 Å². The molecule has 29 heavy (non-hydrogen) atoms. The van der Waals surface area contributed by atoms with Crippen LogP contribution in [0.2, 0.25) is 25.7 Å². The Kier molecular flexibility index (Phi) is 9.57. The van der Waals surface area contributed by atoms with Crippen molar-refractivity contribution in [2.75, 3.05) is 6.61 Å². The number of hydrogen-bond donors (Lipinski definition) is 1. The van der Waals surface area contributed by atoms with E-state index in [1.165, 1.54) is 5.57 Å². The van der Waals surface area contributed by atoms with Crippen molar-refractivity contribution in [3.05, 3.63) is 58.7 Å². The molecule has 0 radical (unpaired) electrons. The Bertz CT molecular complexity index is 728. The molecule has 3 nitrogen and oxygen atoms in total. The van der Waals surface area contributed by atoms with Gasteiger partial charge in [-0.15, -0.1) is 0 Å². The van der Waals surface area contributed by atoms with Crippen molar-refractivity contribution in [3.8, 4) is 0 Å². The second kappa shape index (κ2) is 10.9. The summed E-state index contributed by atoms with van der Waals surface area (Å²) in [6, 6.07) is 0.986. The first kappa shape index (κ1) is 25.4. The molecule has 0 heterocycles. The van der Waals surface area contributed by atoms with Crippen molar-refractivity contribution in [1.29, 1.82) is 0 Å². The van der Waals surface area contributed by atoms with Gasteiger partial charge in [0.1, 0.15) is 0 Å². The summed E-state index contributed by atoms with van der Waals surface area (Å²) in [4.78, 5) is 11.9. The molecule has 1 atom stereocenters. The van der Waals surface area contributed by atoms with Crippen molar-refractivity contribution in [3.63, 3.8) is 0 Å². The first-order chi connectivity index (χ1) is 13.3. The van der Waals surface area contributed by atoms with Gasteiger partial charge in [-0.2, -0.15) is 0 Å². The lowest BCUT2D eigenvalue weighted by Gasteiger charge is -2.35. The van der Waals surface area contributed by atoms with Gasteiger partial charge >= 0.3 is 5.97 Å². The van der Waals surface area contributed by atoms with Crippen LogP contribution in [0.25, 0.3) is 0 Å². The van der Waals surface area contributed by atoms with Crippen molar-refractivity contribution in [2.24, 2.45) is 5.41 Å². The molecule has 4 heteroatoms. The molecule has 162 valence electrons. The number of aliphatic hydroxyl groups is 1. The minimum Gasteiger partial charge on any atom is -0.463 e. The van der Waals surface area contributed by atoms with Gasteiger partial charge in [0.2, 0.25) is 0 Å². The fourth-order valence-electron chi connectivity index (χ4n) is 3.27. The number of carbonyl (C=O) groups is 1. The van der Waals surface area contributed by atoms with Gasteiger partial charge < -0.3 is 9.84 Å². The van der Waals surface area contributed by atoms with Crippen molar-refractivity contribution < 1.29 is 14.6 Å². The first-order valence-electron chi connectivity index (χ1n) is 10.6. The first-order valence-corrected chi connectivity index (χ1v) is 14.3. The van der Waals surface area contributed by atoms with Crippen LogP contribution in [0.5, 0.6) is 0 Å². The summed E-state index contributed by atoms with van der Waals surface area (Å²) in [6.45, 7) is 17.8. The van der Waals surface area contributed by atoms with Gasteiger partial charge in [-0.05, 0) is 61.8 Å². The third-order valence-corrected chi connectivity index (χ3v) is 7.07. The third-order valence-electron chi connectivity index (χ3n) is 5.37. The molecule has 1 unspecified atom stereocenters. The Balaban J connectivity index is 2.67. The zero-order chi connectivity index (χ0) is 22.2. The summed E-state index contributed by atoms with van der Waals surface area (Å²) in [5.41, 5.74) is 4.37. The van der Waals surface area contributed by atoms with E-state index in [4.69, 9.17) is 4.74 Å². The smallest absolute Gasteiger partial charge is 0.330 e. The molecule has 0 saturated heterocycles. The average Bonchev–Trinajstić information content (AvgIpc) is 2.57. The van der Waals surface area contributed by atoms with Crippen LogP contribution in [0.1, 0.15) is 47.5 Å². The Morgan fingerprint density at radius 3 is 2.48 bits per heavy atom. The number of rotatable bonds is 8. The van der Waals surface area contributed by atoms with Crippen molar-refractivity contribution in [1.82, 2.24) is 0 Å². The topological polar surface area (TPSA) is 46.5 Å². The summed E-state index contributed by atoms with van der Waals surface area (Å²) in [7, 11) is -1.18. The molecular formula is C25H40O3Si. The monoisotopic (exact) mass is 416 g/mol. The fourth-order valence-corrected chi connectivity index (χ4v) is 3.99. The Hall–Kier alpha value is -1.65. The number of hydrogen-bond acceptors (Lipinski definition) is 3. The number of ether oxygens (including phenoxy) is 1. The summed E-state index contributed by atoms with van der Waals surface area (Å²) in [5, 5.41) is 10.2. The minimum atomic E-state index is -1.18. The van der Waals surface area contributed by atoms with E-state index in [-0.39, 0.29) is 17.5 Å². The summed E-state index contributed by atoms with van der Waals surface area (Å²) >= 11 is 0. The van der Waals surface area contributed by atoms with E-state index < -0.39 is 8.07 Å². The maximum absolute atomic E-state index is 11.9. The van der Waals surface area contributed by atoms with Crippen LogP contribution >= 0.6 is 0 Å². The Morgan fingerprint density at radius 1 is 1.21 bits per heavy atom. The van der Waals surface area contributed by atoms with E-state index >= 15 is 0 Å². The van der Waals surface area contributed by atoms with Gasteiger partial charge in [0.05, 0.1) is 12.7 Å². The van der Waals surface area contributed by atoms with Crippen molar-refractivity contribution >= 4 is 14.0 Å². The van der Waals surface area contributed by atoms with Gasteiger partial charge in [-0.25, -0.2) is 4.79 Å². The predicted octanol–water partition coefficient (Wildman–Crippen LogP) is 6.37. The highest BCUT2D eigenvalue weighted by atomic mass is 28.3. The van der Waals surface area contributed by atoms with E-state index in [2.05, 4.69) is 45.6 Å². The third kappa shape index (κ3) is 9.59. The van der Waals surface area contributed by atoms with Crippen LogP contribution in [0.4, 0.5) is 0 Å². The molecule has 1 rings (SSSR count). The van der Waals surface area contributed by atoms with E-state index in [9.17, 15) is 9.90 Å². The number of allylic oxidation sites excluding steroid dienone is 8. The zero-order valence-electron chi connectivity index (χ0n) is 19.6. The fraction of sp³-hybridized carbons (Fsp3) is 0.560. The second-order valence-corrected chi connectivity index (χ2v) is 15.6. The molecule has 0 aromatic carbocycles. The zero-order valence-corrected chi connectivity index (χ0v) is 20.6. The lowest BCUT2D eigenvalue weighted by atomic mass is 9.71. The molecule has 1 N–H and O–H groups in total. The molecule has 0 bridgehead atoms. The van der Waals surface area contributed by atoms with E-state index in [0.717, 1.165) is 35.6 Å². The van der Waals surface area contributed by atoms with Crippen LogP contribution in [-0.2, 0) is 9.53 Å². The quantitative estimate of drug-likeness (QED) is 0.216. The lowest BCUT2D eigenvalue weighted by molar-refractivity contribution is -0.137. The van der Waals surface area contributed by atoms with Crippen LogP contribution in [0, 0.1) is 5.41 Å². The molecular weight excluding hydrogens is 376 g/mol. The molecule has 0 spiro atoms. The van der Waals surface area contributed by atoms with Crippen LogP contribution in [-0.4, -0.2) is 31.9 Å². The van der Waals surface area contributed by atoms with Gasteiger partial charge in [-0.1, -0.05) is 69.4 Å². The molecule has 0 amide bonds. The van der Waals surface area contributed by atoms with E-state index in [1.54, 1.807) is 6.08 Å². The minimum absolute atomic E-state index is 0.0884. The molecule has 0 aromatic heterocycles. The normalized spacial score (nSPS) is 21.3. The number of esters is 1. The maximum atomic E-state index is 11.9. The molecule has 0 fully saturated rings. The average molecular weight is 417 g/mol. The molecule has 0 aliphatic heterocycles. The molecule has 1 aliphatic carbocycles. The Labute approximate surface area is 178 Å². The van der Waals surface area contributed by atoms with E-state index in [0.29, 0.717) is 6.61 Å². The highest BCUT2D eigenvalue weighted by Crippen LogP contribution is 2.40. The van der Waals surface area contributed by atoms with Crippen LogP contribution < -0.4 is 0 Å². The van der Waals surface area contributed by atoms with Crippen molar-refractivity contribution in [2.45, 2.75) is 79.2 Å². The highest BCUT2D eigenvalue weighted by molar-refractivity contribution is 6.76. The number of carbonyl (C=O) groups excluding carboxylic acids is 1. The predicted molar refractivity (Wildman–Crippen MR) is 127 cm³/mol. The number of aliphatic hydroxyl groups excluding tert-OH is 1. The highest BCUT2D eigenvalue weighted by Gasteiger charge is 2.30. The summed E-state index contributed by atoms with van der Waals surface area (Å²) in [6.07, 6.45) is 13.1. The Morgan fingerprint density at radius 2 is 1.86 bits per heavy atom. The van der Waals surface area contributed by atoms with Gasteiger partial charge in [0.15, 0.2) is 0 Å². The lowest BCUT2D eigenvalue weighted by Crippen LogP contribution is -2.27. The van der Waals surface area contributed by atoms with Gasteiger partial charge in [0.25, 0.3) is 0 Å². The second-order valence-electron chi connectivity index (χ2n) is 10.0. The largest absolute Gasteiger partial charge is 0.463 e. The standard InChI is InChI=1S/C25H40O3Si/c1-19(12-13-22-21(3)23(26)14-15-25(22,4)5)10-9-11-20(2)18-24(27)28-16-17-29(6,7)8/h9-13,18,23,26H,14-17H2,1-8H3/b11-9+,13-12+,19-10+,20-18+.